The molecule has 0 radical (unpaired) electrons. The maximum atomic E-state index is 13.3. The van der Waals surface area contributed by atoms with Gasteiger partial charge in [0.15, 0.2) is 50.1 Å². The number of methoxy groups -OCH3 is 6. The van der Waals surface area contributed by atoms with Gasteiger partial charge in [-0.05, 0) is 129 Å². The summed E-state index contributed by atoms with van der Waals surface area (Å²) in [6.45, 7) is 18.8. The second-order valence-electron chi connectivity index (χ2n) is 30.6. The molecule has 1 spiro atoms. The standard InChI is InChI=1S/C72H114O27/c1-34-59(75)66(83-16)67(92-41(8)73)68(90-34)97-63-37(4)88-57(30-52(63)81-14)94-61-35(2)86-55(28-48(61)74)95-62-36(3)87-58(29-51(62)80-13)96-64-39(6)98-72(32-54(64)82-15)85-33-84-53-31-56(89-38(5)65(53)99-72)91-40(7)71(77)24-21-47-45-18-17-42-25-43(19-22-69(42,9)46(45)20-23-70(47,71)10)93-50-27-44(78-11)26-49(79-12)60(50)76/h17,26,34-40,43-48,50-59,61-68,74-75,77H,18-25,27-33H2,1-16H3/t34-,35-,36-,37-,38-,39-,40+,43+,44?,45-,46+,47+,48-,50?,51+,52+,53-,54-,55+,56+,57+,58+,59+,61-,62-,63-,64-,65-,66+,67-,68+,69+,70+,71+,72+/m1/s1. The maximum absolute atomic E-state index is 13.3. The molecule has 0 amide bonds. The highest BCUT2D eigenvalue weighted by Gasteiger charge is 2.67. The van der Waals surface area contributed by atoms with Gasteiger partial charge in [0, 0.05) is 80.0 Å². The number of rotatable bonds is 20. The van der Waals surface area contributed by atoms with Crippen molar-refractivity contribution in [3.63, 3.8) is 0 Å². The van der Waals surface area contributed by atoms with Crippen LogP contribution in [0.2, 0.25) is 0 Å². The number of fused-ring (bicyclic) bond motifs is 6. The van der Waals surface area contributed by atoms with Gasteiger partial charge in [0.25, 0.3) is 5.97 Å². The number of allylic oxidation sites excluding steroid dienone is 1. The first-order valence-corrected chi connectivity index (χ1v) is 36.4. The maximum Gasteiger partial charge on any atom is 0.303 e. The van der Waals surface area contributed by atoms with Crippen LogP contribution in [0, 0.1) is 28.6 Å². The minimum absolute atomic E-state index is 0.0266. The summed E-state index contributed by atoms with van der Waals surface area (Å²) < 4.78 is 138. The first-order chi connectivity index (χ1) is 47.2. The van der Waals surface area contributed by atoms with Gasteiger partial charge < -0.3 is 120 Å². The molecule has 0 bridgehead atoms. The van der Waals surface area contributed by atoms with E-state index in [1.807, 2.05) is 27.7 Å². The van der Waals surface area contributed by atoms with Crippen LogP contribution in [0.4, 0.5) is 0 Å². The summed E-state index contributed by atoms with van der Waals surface area (Å²) >= 11 is 0. The van der Waals surface area contributed by atoms with Gasteiger partial charge in [-0.2, -0.15) is 0 Å². The van der Waals surface area contributed by atoms with E-state index < -0.39 is 177 Å². The van der Waals surface area contributed by atoms with E-state index in [0.29, 0.717) is 42.8 Å². The van der Waals surface area contributed by atoms with Gasteiger partial charge in [-0.3, -0.25) is 9.59 Å². The quantitative estimate of drug-likeness (QED) is 0.0914. The molecule has 0 aromatic rings. The molecule has 2 unspecified atom stereocenters. The summed E-state index contributed by atoms with van der Waals surface area (Å²) in [5, 5.41) is 35.5. The topological polar surface area (TPSA) is 298 Å². The van der Waals surface area contributed by atoms with E-state index in [0.717, 1.165) is 44.9 Å². The van der Waals surface area contributed by atoms with E-state index in [2.05, 4.69) is 19.9 Å². The molecular weight excluding hydrogens is 1300 g/mol. The van der Waals surface area contributed by atoms with Crippen molar-refractivity contribution in [1.29, 1.82) is 0 Å². The predicted molar refractivity (Wildman–Crippen MR) is 345 cm³/mol. The van der Waals surface area contributed by atoms with Crippen molar-refractivity contribution in [3.05, 3.63) is 23.5 Å². The molecule has 3 N–H and O–H groups in total. The highest BCUT2D eigenvalue weighted by molar-refractivity contribution is 5.98. The zero-order chi connectivity index (χ0) is 70.8. The fourth-order valence-corrected chi connectivity index (χ4v) is 19.5. The van der Waals surface area contributed by atoms with Crippen LogP contribution in [-0.4, -0.2) is 260 Å². The molecule has 3 saturated carbocycles. The SMILES string of the molecule is COC1=CC(OC)CC(O[C@H]2CC[C@@]3(C)C(=CC[C@@H]4[C@@H]3CC[C@@]3(C)[C@H]4CC[C@]3(O)[C@H](C)O[C@H]3C[C@H]4OCO[C@]5(C[C@@H](OC)[C@H](O[C@H]6C[C@H](OC)[C@H](O[C@H]7C[C@@H](O)[C@H](O[C@H]8C[C@H](OC)[C@H](O[C@@H]9O[C@H](C)[C@H](O)[C@H](OC)[C@H]9OC(C)=O)[C@@H](C)O8)[C@@H](C)O7)[C@@H](C)O6)[C@@H](C)O5)O[C@@H]4[C@@H](C)O3)C2)C1=O. The van der Waals surface area contributed by atoms with Crippen LogP contribution in [0.1, 0.15) is 159 Å². The van der Waals surface area contributed by atoms with Gasteiger partial charge in [0.2, 0.25) is 5.78 Å². The Kier molecular flexibility index (Phi) is 24.0. The molecule has 12 aliphatic rings. The molecule has 5 aliphatic carbocycles. The minimum atomic E-state index is -1.56. The third-order valence-corrected chi connectivity index (χ3v) is 25.0. The molecule has 0 aromatic heterocycles. The van der Waals surface area contributed by atoms with Crippen LogP contribution < -0.4 is 0 Å². The second kappa shape index (κ2) is 31.1. The summed E-state index contributed by atoms with van der Waals surface area (Å²) in [6.07, 6.45) is -5.92. The van der Waals surface area contributed by atoms with Crippen molar-refractivity contribution in [2.24, 2.45) is 28.6 Å². The molecule has 35 atom stereocenters. The van der Waals surface area contributed by atoms with Crippen molar-refractivity contribution < 1.29 is 129 Å². The summed E-state index contributed by atoms with van der Waals surface area (Å²) in [4.78, 5) is 25.4. The van der Waals surface area contributed by atoms with E-state index in [1.165, 1.54) is 26.7 Å². The first-order valence-electron chi connectivity index (χ1n) is 36.4. The van der Waals surface area contributed by atoms with E-state index in [-0.39, 0.29) is 61.3 Å². The fourth-order valence-electron chi connectivity index (χ4n) is 19.5. The van der Waals surface area contributed by atoms with Gasteiger partial charge in [-0.15, -0.1) is 0 Å². The summed E-state index contributed by atoms with van der Waals surface area (Å²) in [5.41, 5.74) is 0.0217. The van der Waals surface area contributed by atoms with Gasteiger partial charge in [0.1, 0.15) is 48.8 Å². The first kappa shape index (κ1) is 76.2. The average Bonchev–Trinajstić information content (AvgIpc) is 1.64. The molecular formula is C72H114O27. The summed E-state index contributed by atoms with van der Waals surface area (Å²) in [7, 11) is 9.34. The number of aliphatic hydroxyl groups is 3. The number of carbonyl (C=O) groups is 2. The Bertz CT molecular complexity index is 2780. The Morgan fingerprint density at radius 3 is 1.89 bits per heavy atom. The Morgan fingerprint density at radius 2 is 1.25 bits per heavy atom. The van der Waals surface area contributed by atoms with E-state index >= 15 is 0 Å². The van der Waals surface area contributed by atoms with Crippen LogP contribution >= 0.6 is 0 Å². The number of esters is 1. The van der Waals surface area contributed by atoms with Crippen LogP contribution in [0.5, 0.6) is 0 Å². The number of hydrogen-bond donors (Lipinski definition) is 3. The summed E-state index contributed by atoms with van der Waals surface area (Å²) in [5.74, 6) is -0.726. The molecule has 10 fully saturated rings. The van der Waals surface area contributed by atoms with Gasteiger partial charge in [0.05, 0.1) is 105 Å². The third-order valence-electron chi connectivity index (χ3n) is 25.0. The van der Waals surface area contributed by atoms with Gasteiger partial charge in [-0.1, -0.05) is 25.5 Å². The number of aliphatic hydroxyl groups excluding tert-OH is 2. The monoisotopic (exact) mass is 1410 g/mol. The largest absolute Gasteiger partial charge is 0.493 e. The lowest BCUT2D eigenvalue weighted by molar-refractivity contribution is -0.447. The molecule has 7 heterocycles. The molecule has 99 heavy (non-hydrogen) atoms. The lowest BCUT2D eigenvalue weighted by Gasteiger charge is -2.59. The van der Waals surface area contributed by atoms with Gasteiger partial charge in [-0.25, -0.2) is 0 Å². The molecule has 27 nitrogen and oxygen atoms in total. The molecule has 12 rings (SSSR count). The Balaban J connectivity index is 0.602. The number of ether oxygens (including phenoxy) is 22. The normalized spacial score (nSPS) is 50.6. The molecule has 564 valence electrons. The minimum Gasteiger partial charge on any atom is -0.493 e. The molecule has 7 aliphatic heterocycles. The second-order valence-corrected chi connectivity index (χ2v) is 30.6. The Labute approximate surface area is 582 Å². The zero-order valence-corrected chi connectivity index (χ0v) is 60.8. The van der Waals surface area contributed by atoms with Crippen molar-refractivity contribution in [3.8, 4) is 0 Å². The zero-order valence-electron chi connectivity index (χ0n) is 60.8. The summed E-state index contributed by atoms with van der Waals surface area (Å²) in [6, 6.07) is 0. The van der Waals surface area contributed by atoms with E-state index in [1.54, 1.807) is 55.3 Å². The number of Topliss-reactive ketones (excluding diaryl/α,β-unsaturated/α-hetero) is 1. The van der Waals surface area contributed by atoms with Crippen molar-refractivity contribution in [1.82, 2.24) is 0 Å². The highest BCUT2D eigenvalue weighted by Crippen LogP contribution is 2.68. The van der Waals surface area contributed by atoms with Crippen LogP contribution in [0.25, 0.3) is 0 Å². The molecule has 0 aromatic carbocycles. The number of ketones is 1. The van der Waals surface area contributed by atoms with E-state index in [4.69, 9.17) is 104 Å². The third kappa shape index (κ3) is 15.1. The lowest BCUT2D eigenvalue weighted by Crippen LogP contribution is -2.62. The Morgan fingerprint density at radius 1 is 0.626 bits per heavy atom. The smallest absolute Gasteiger partial charge is 0.303 e. The number of carbonyl (C=O) groups excluding carboxylic acids is 2. The van der Waals surface area contributed by atoms with Gasteiger partial charge >= 0.3 is 5.97 Å². The van der Waals surface area contributed by atoms with Crippen LogP contribution in [-0.2, 0) is 114 Å². The number of hydrogen-bond acceptors (Lipinski definition) is 27. The average molecular weight is 1410 g/mol. The Hall–Kier alpha value is -2.50. The van der Waals surface area contributed by atoms with Crippen molar-refractivity contribution in [2.45, 2.75) is 343 Å². The predicted octanol–water partition coefficient (Wildman–Crippen LogP) is 6.12. The fraction of sp³-hybridized carbons (Fsp3) is 0.917. The molecule has 7 saturated heterocycles. The molecule has 27 heteroatoms. The van der Waals surface area contributed by atoms with Crippen molar-refractivity contribution in [2.75, 3.05) is 49.5 Å². The lowest BCUT2D eigenvalue weighted by atomic mass is 9.46. The van der Waals surface area contributed by atoms with Crippen LogP contribution in [0.15, 0.2) is 23.5 Å². The van der Waals surface area contributed by atoms with Crippen molar-refractivity contribution >= 4 is 11.8 Å². The van der Waals surface area contributed by atoms with Crippen LogP contribution in [0.3, 0.4) is 0 Å². The highest BCUT2D eigenvalue weighted by atomic mass is 16.9. The van der Waals surface area contributed by atoms with E-state index in [9.17, 15) is 24.9 Å².